The van der Waals surface area contributed by atoms with Gasteiger partial charge in [-0.15, -0.1) is 11.3 Å². The van der Waals surface area contributed by atoms with Crippen molar-refractivity contribution in [3.8, 4) is 0 Å². The first-order valence-corrected chi connectivity index (χ1v) is 8.53. The van der Waals surface area contributed by atoms with Crippen LogP contribution >= 0.6 is 11.3 Å². The Labute approximate surface area is 133 Å². The van der Waals surface area contributed by atoms with Crippen LogP contribution in [0.25, 0.3) is 0 Å². The molecule has 2 fully saturated rings. The van der Waals surface area contributed by atoms with Gasteiger partial charge in [-0.3, -0.25) is 14.7 Å². The van der Waals surface area contributed by atoms with Crippen LogP contribution < -0.4 is 0 Å². The van der Waals surface area contributed by atoms with E-state index in [0.717, 1.165) is 38.4 Å². The monoisotopic (exact) mass is 314 g/mol. The van der Waals surface area contributed by atoms with Gasteiger partial charge in [0.05, 0.1) is 11.2 Å². The molecule has 2 aromatic rings. The number of pyridine rings is 1. The maximum Gasteiger partial charge on any atom is 0.273 e. The third-order valence-electron chi connectivity index (χ3n) is 4.61. The summed E-state index contributed by atoms with van der Waals surface area (Å²) in [4.78, 5) is 25.3. The molecule has 2 saturated heterocycles. The first-order chi connectivity index (χ1) is 10.8. The van der Waals surface area contributed by atoms with Crippen LogP contribution in [0.2, 0.25) is 0 Å². The van der Waals surface area contributed by atoms with Crippen LogP contribution in [0.1, 0.15) is 16.2 Å². The maximum absolute atomic E-state index is 12.4. The number of hydrogen-bond acceptors (Lipinski definition) is 5. The lowest BCUT2D eigenvalue weighted by Crippen LogP contribution is -2.33. The van der Waals surface area contributed by atoms with E-state index < -0.39 is 0 Å². The molecule has 2 aromatic heterocycles. The summed E-state index contributed by atoms with van der Waals surface area (Å²) >= 11 is 1.48. The van der Waals surface area contributed by atoms with Gasteiger partial charge in [0.25, 0.3) is 5.91 Å². The predicted molar refractivity (Wildman–Crippen MR) is 84.5 cm³/mol. The minimum absolute atomic E-state index is 0.0897. The summed E-state index contributed by atoms with van der Waals surface area (Å²) in [5.74, 6) is 1.27. The Bertz CT molecular complexity index is 631. The fraction of sp³-hybridized carbons (Fsp3) is 0.438. The number of fused-ring (bicyclic) bond motifs is 1. The average Bonchev–Trinajstić information content (AvgIpc) is 3.23. The third kappa shape index (κ3) is 2.64. The van der Waals surface area contributed by atoms with Crippen LogP contribution in [0.15, 0.2) is 35.3 Å². The molecule has 0 radical (unpaired) electrons. The number of amides is 1. The highest BCUT2D eigenvalue weighted by atomic mass is 32.1. The molecule has 2 aliphatic heterocycles. The Morgan fingerprint density at radius 2 is 2.00 bits per heavy atom. The molecule has 2 unspecified atom stereocenters. The molecule has 1 amide bonds. The van der Waals surface area contributed by atoms with E-state index in [9.17, 15) is 4.79 Å². The number of rotatable bonds is 3. The lowest BCUT2D eigenvalue weighted by Gasteiger charge is -2.20. The van der Waals surface area contributed by atoms with Crippen LogP contribution in [-0.4, -0.2) is 51.9 Å². The van der Waals surface area contributed by atoms with Crippen molar-refractivity contribution in [2.75, 3.05) is 26.2 Å². The second kappa shape index (κ2) is 5.78. The van der Waals surface area contributed by atoms with Gasteiger partial charge in [0.2, 0.25) is 0 Å². The zero-order valence-corrected chi connectivity index (χ0v) is 13.1. The van der Waals surface area contributed by atoms with Gasteiger partial charge in [0.1, 0.15) is 5.69 Å². The van der Waals surface area contributed by atoms with Crippen molar-refractivity contribution in [1.82, 2.24) is 19.8 Å². The molecule has 114 valence electrons. The van der Waals surface area contributed by atoms with E-state index in [1.54, 1.807) is 5.51 Å². The number of aromatic nitrogens is 2. The van der Waals surface area contributed by atoms with Crippen molar-refractivity contribution in [2.24, 2.45) is 11.8 Å². The van der Waals surface area contributed by atoms with E-state index in [0.29, 0.717) is 17.5 Å². The van der Waals surface area contributed by atoms with E-state index in [2.05, 4.69) is 20.9 Å². The van der Waals surface area contributed by atoms with Gasteiger partial charge in [0.15, 0.2) is 0 Å². The smallest absolute Gasteiger partial charge is 0.273 e. The molecule has 4 rings (SSSR count). The van der Waals surface area contributed by atoms with Gasteiger partial charge in [0, 0.05) is 44.3 Å². The van der Waals surface area contributed by atoms with Gasteiger partial charge in [-0.1, -0.05) is 6.07 Å². The van der Waals surface area contributed by atoms with E-state index in [4.69, 9.17) is 0 Å². The molecule has 4 heterocycles. The molecule has 0 bridgehead atoms. The van der Waals surface area contributed by atoms with Gasteiger partial charge < -0.3 is 4.90 Å². The Hall–Kier alpha value is -1.79. The fourth-order valence-corrected chi connectivity index (χ4v) is 4.11. The fourth-order valence-electron chi connectivity index (χ4n) is 3.59. The van der Waals surface area contributed by atoms with E-state index in [1.165, 1.54) is 11.3 Å². The molecule has 0 N–H and O–H groups in total. The number of nitrogens with zero attached hydrogens (tertiary/aromatic N) is 4. The van der Waals surface area contributed by atoms with Crippen LogP contribution in [-0.2, 0) is 6.54 Å². The first kappa shape index (κ1) is 13.8. The number of carbonyl (C=O) groups is 1. The molecule has 2 aliphatic rings. The summed E-state index contributed by atoms with van der Waals surface area (Å²) in [6.07, 6.45) is 1.85. The van der Waals surface area contributed by atoms with Crippen molar-refractivity contribution in [2.45, 2.75) is 6.54 Å². The van der Waals surface area contributed by atoms with Gasteiger partial charge in [-0.05, 0) is 24.0 Å². The zero-order valence-electron chi connectivity index (χ0n) is 12.3. The summed E-state index contributed by atoms with van der Waals surface area (Å²) in [6.45, 7) is 4.75. The number of hydrogen-bond donors (Lipinski definition) is 0. The SMILES string of the molecule is O=C(c1cscn1)N1CC2CN(Cc3ccccn3)CC2C1. The first-order valence-electron chi connectivity index (χ1n) is 7.59. The number of carbonyl (C=O) groups excluding carboxylic acids is 1. The molecule has 22 heavy (non-hydrogen) atoms. The maximum atomic E-state index is 12.4. The predicted octanol–water partition coefficient (Wildman–Crippen LogP) is 1.74. The quantitative estimate of drug-likeness (QED) is 0.866. The highest BCUT2D eigenvalue weighted by Crippen LogP contribution is 2.32. The van der Waals surface area contributed by atoms with Crippen LogP contribution in [0, 0.1) is 11.8 Å². The molecular weight excluding hydrogens is 296 g/mol. The normalized spacial score (nSPS) is 24.6. The third-order valence-corrected chi connectivity index (χ3v) is 5.20. The summed E-state index contributed by atoms with van der Waals surface area (Å²) in [6, 6.07) is 6.06. The zero-order chi connectivity index (χ0) is 14.9. The molecule has 5 nitrogen and oxygen atoms in total. The van der Waals surface area contributed by atoms with E-state index >= 15 is 0 Å². The second-order valence-corrected chi connectivity index (χ2v) is 6.84. The van der Waals surface area contributed by atoms with Crippen molar-refractivity contribution in [3.63, 3.8) is 0 Å². The van der Waals surface area contributed by atoms with Crippen molar-refractivity contribution in [1.29, 1.82) is 0 Å². The standard InChI is InChI=1S/C16H18N4OS/c21-16(15-10-22-11-18-15)20-7-12-5-19(6-13(12)8-20)9-14-3-1-2-4-17-14/h1-4,10-13H,5-9H2. The Kier molecular flexibility index (Phi) is 3.63. The molecule has 0 aromatic carbocycles. The average molecular weight is 314 g/mol. The van der Waals surface area contributed by atoms with E-state index in [-0.39, 0.29) is 5.91 Å². The van der Waals surface area contributed by atoms with Crippen LogP contribution in [0.4, 0.5) is 0 Å². The Morgan fingerprint density at radius 3 is 2.64 bits per heavy atom. The molecule has 0 spiro atoms. The van der Waals surface area contributed by atoms with Gasteiger partial charge in [-0.2, -0.15) is 0 Å². The minimum atomic E-state index is 0.0897. The Morgan fingerprint density at radius 1 is 1.18 bits per heavy atom. The lowest BCUT2D eigenvalue weighted by molar-refractivity contribution is 0.0768. The summed E-state index contributed by atoms with van der Waals surface area (Å²) in [5.41, 5.74) is 3.44. The lowest BCUT2D eigenvalue weighted by atomic mass is 10.0. The topological polar surface area (TPSA) is 49.3 Å². The highest BCUT2D eigenvalue weighted by Gasteiger charge is 2.41. The molecule has 0 saturated carbocycles. The second-order valence-electron chi connectivity index (χ2n) is 6.12. The highest BCUT2D eigenvalue weighted by molar-refractivity contribution is 7.07. The van der Waals surface area contributed by atoms with Crippen molar-refractivity contribution < 1.29 is 4.79 Å². The molecule has 6 heteroatoms. The van der Waals surface area contributed by atoms with Crippen molar-refractivity contribution in [3.05, 3.63) is 46.7 Å². The van der Waals surface area contributed by atoms with Gasteiger partial charge >= 0.3 is 0 Å². The minimum Gasteiger partial charge on any atom is -0.337 e. The van der Waals surface area contributed by atoms with Gasteiger partial charge in [-0.25, -0.2) is 4.98 Å². The number of likely N-dealkylation sites (tertiary alicyclic amines) is 2. The molecular formula is C16H18N4OS. The molecule has 2 atom stereocenters. The van der Waals surface area contributed by atoms with Crippen LogP contribution in [0.5, 0.6) is 0 Å². The summed E-state index contributed by atoms with van der Waals surface area (Å²) in [5, 5.41) is 1.84. The number of thiazole rings is 1. The van der Waals surface area contributed by atoms with Crippen LogP contribution in [0.3, 0.4) is 0 Å². The molecule has 0 aliphatic carbocycles. The summed E-state index contributed by atoms with van der Waals surface area (Å²) < 4.78 is 0. The summed E-state index contributed by atoms with van der Waals surface area (Å²) in [7, 11) is 0. The van der Waals surface area contributed by atoms with Crippen molar-refractivity contribution >= 4 is 17.2 Å². The van der Waals surface area contributed by atoms with E-state index in [1.807, 2.05) is 28.6 Å². The largest absolute Gasteiger partial charge is 0.337 e. The Balaban J connectivity index is 1.36.